The second-order valence-electron chi connectivity index (χ2n) is 3.69. The zero-order valence-corrected chi connectivity index (χ0v) is 8.57. The fourth-order valence-electron chi connectivity index (χ4n) is 0.789. The third-order valence-corrected chi connectivity index (χ3v) is 2.03. The van der Waals surface area contributed by atoms with Gasteiger partial charge in [-0.2, -0.15) is 13.2 Å². The van der Waals surface area contributed by atoms with E-state index in [0.717, 1.165) is 13.8 Å². The summed E-state index contributed by atoms with van der Waals surface area (Å²) < 4.78 is 41.5. The van der Waals surface area contributed by atoms with Gasteiger partial charge >= 0.3 is 12.1 Å². The van der Waals surface area contributed by atoms with Crippen LogP contribution in [0.25, 0.3) is 0 Å². The first-order valence-electron chi connectivity index (χ1n) is 4.43. The Hall–Kier alpha value is -0.740. The highest BCUT2D eigenvalue weighted by atomic mass is 19.4. The number of alkyl halides is 3. The number of carbonyl (C=O) groups is 1. The molecule has 5 heteroatoms. The Morgan fingerprint density at radius 2 is 1.79 bits per heavy atom. The molecule has 0 N–H and O–H groups in total. The van der Waals surface area contributed by atoms with Crippen LogP contribution in [0, 0.1) is 5.41 Å². The minimum Gasteiger partial charge on any atom is -0.466 e. The zero-order chi connectivity index (χ0) is 11.4. The molecular weight excluding hydrogens is 197 g/mol. The smallest absolute Gasteiger partial charge is 0.393 e. The van der Waals surface area contributed by atoms with Gasteiger partial charge in [-0.25, -0.2) is 0 Å². The van der Waals surface area contributed by atoms with Gasteiger partial charge < -0.3 is 4.74 Å². The Morgan fingerprint density at radius 3 is 2.14 bits per heavy atom. The van der Waals surface area contributed by atoms with Crippen LogP contribution in [0.4, 0.5) is 13.2 Å². The Balaban J connectivity index is 4.06. The van der Waals surface area contributed by atoms with Crippen LogP contribution in [0.1, 0.15) is 33.6 Å². The van der Waals surface area contributed by atoms with Crippen LogP contribution in [0.2, 0.25) is 0 Å². The van der Waals surface area contributed by atoms with Crippen LogP contribution in [-0.2, 0) is 9.53 Å². The molecule has 0 unspecified atom stereocenters. The average molecular weight is 212 g/mol. The second-order valence-corrected chi connectivity index (χ2v) is 3.69. The van der Waals surface area contributed by atoms with E-state index in [1.165, 1.54) is 0 Å². The lowest BCUT2D eigenvalue weighted by Crippen LogP contribution is -2.32. The van der Waals surface area contributed by atoms with Crippen molar-refractivity contribution in [2.24, 2.45) is 5.41 Å². The molecule has 0 amide bonds. The Kier molecular flexibility index (Phi) is 4.42. The summed E-state index contributed by atoms with van der Waals surface area (Å²) in [6.07, 6.45) is -4.71. The Bertz CT molecular complexity index is 197. The normalized spacial score (nSPS) is 12.7. The predicted molar refractivity (Wildman–Crippen MR) is 45.7 cm³/mol. The standard InChI is InChI=1S/C9H15F3O2/c1-4-14-7(13)5-6-8(2,3)9(10,11)12/h4-6H2,1-3H3. The first-order chi connectivity index (χ1) is 6.20. The lowest BCUT2D eigenvalue weighted by Gasteiger charge is -2.27. The van der Waals surface area contributed by atoms with E-state index in [0.29, 0.717) is 0 Å². The van der Waals surface area contributed by atoms with Gasteiger partial charge in [0.25, 0.3) is 0 Å². The third kappa shape index (κ3) is 3.98. The molecule has 0 aromatic heterocycles. The fraction of sp³-hybridized carbons (Fsp3) is 0.889. The third-order valence-electron chi connectivity index (χ3n) is 2.03. The molecule has 0 saturated heterocycles. The molecular formula is C9H15F3O2. The first-order valence-corrected chi connectivity index (χ1v) is 4.43. The lowest BCUT2D eigenvalue weighted by molar-refractivity contribution is -0.214. The van der Waals surface area contributed by atoms with Crippen LogP contribution in [0.15, 0.2) is 0 Å². The zero-order valence-electron chi connectivity index (χ0n) is 8.57. The van der Waals surface area contributed by atoms with Gasteiger partial charge in [0.15, 0.2) is 0 Å². The summed E-state index contributed by atoms with van der Waals surface area (Å²) in [7, 11) is 0. The highest BCUT2D eigenvalue weighted by molar-refractivity contribution is 5.69. The Morgan fingerprint density at radius 1 is 1.29 bits per heavy atom. The van der Waals surface area contributed by atoms with Crippen molar-refractivity contribution in [3.63, 3.8) is 0 Å². The number of esters is 1. The van der Waals surface area contributed by atoms with E-state index >= 15 is 0 Å². The van der Waals surface area contributed by atoms with E-state index in [1.807, 2.05) is 0 Å². The number of rotatable bonds is 4. The predicted octanol–water partition coefficient (Wildman–Crippen LogP) is 2.92. The SMILES string of the molecule is CCOC(=O)CCC(C)(C)C(F)(F)F. The van der Waals surface area contributed by atoms with Gasteiger partial charge in [0.2, 0.25) is 0 Å². The van der Waals surface area contributed by atoms with Crippen molar-refractivity contribution in [1.29, 1.82) is 0 Å². The maximum Gasteiger partial charge on any atom is 0.393 e. The largest absolute Gasteiger partial charge is 0.466 e. The van der Waals surface area contributed by atoms with Gasteiger partial charge in [-0.15, -0.1) is 0 Å². The van der Waals surface area contributed by atoms with E-state index in [4.69, 9.17) is 0 Å². The van der Waals surface area contributed by atoms with Gasteiger partial charge in [0.1, 0.15) is 0 Å². The minimum absolute atomic E-state index is 0.194. The van der Waals surface area contributed by atoms with Crippen molar-refractivity contribution in [2.75, 3.05) is 6.61 Å². The van der Waals surface area contributed by atoms with Gasteiger partial charge in [-0.05, 0) is 13.3 Å². The molecule has 0 spiro atoms. The lowest BCUT2D eigenvalue weighted by atomic mass is 9.87. The van der Waals surface area contributed by atoms with Crippen LogP contribution >= 0.6 is 0 Å². The van der Waals surface area contributed by atoms with E-state index in [2.05, 4.69) is 4.74 Å². The van der Waals surface area contributed by atoms with Crippen LogP contribution in [0.3, 0.4) is 0 Å². The molecule has 0 radical (unpaired) electrons. The molecule has 0 aliphatic carbocycles. The molecule has 2 nitrogen and oxygen atoms in total. The summed E-state index contributed by atoms with van der Waals surface area (Å²) >= 11 is 0. The van der Waals surface area contributed by atoms with E-state index < -0.39 is 17.6 Å². The molecule has 0 aliphatic rings. The topological polar surface area (TPSA) is 26.3 Å². The number of hydrogen-bond acceptors (Lipinski definition) is 2. The van der Waals surface area contributed by atoms with Crippen LogP contribution in [-0.4, -0.2) is 18.8 Å². The van der Waals surface area contributed by atoms with Crippen molar-refractivity contribution in [3.8, 4) is 0 Å². The summed E-state index contributed by atoms with van der Waals surface area (Å²) in [5, 5.41) is 0. The quantitative estimate of drug-likeness (QED) is 0.670. The summed E-state index contributed by atoms with van der Waals surface area (Å²) in [6, 6.07) is 0. The van der Waals surface area contributed by atoms with Crippen molar-refractivity contribution in [3.05, 3.63) is 0 Å². The molecule has 0 aromatic rings. The van der Waals surface area contributed by atoms with Crippen molar-refractivity contribution in [2.45, 2.75) is 39.8 Å². The van der Waals surface area contributed by atoms with Gasteiger partial charge in [-0.3, -0.25) is 4.79 Å². The molecule has 0 fully saturated rings. The number of ether oxygens (including phenoxy) is 1. The van der Waals surface area contributed by atoms with Crippen molar-refractivity contribution in [1.82, 2.24) is 0 Å². The molecule has 0 heterocycles. The van der Waals surface area contributed by atoms with Gasteiger partial charge in [0, 0.05) is 6.42 Å². The highest BCUT2D eigenvalue weighted by Crippen LogP contribution is 2.40. The summed E-state index contributed by atoms with van der Waals surface area (Å²) in [5.41, 5.74) is -1.83. The number of carbonyl (C=O) groups excluding carboxylic acids is 1. The molecule has 0 aromatic carbocycles. The molecule has 84 valence electrons. The fourth-order valence-corrected chi connectivity index (χ4v) is 0.789. The van der Waals surface area contributed by atoms with Gasteiger partial charge in [0.05, 0.1) is 12.0 Å². The molecule has 0 aliphatic heterocycles. The summed E-state index contributed by atoms with van der Waals surface area (Å²) in [6.45, 7) is 3.97. The first kappa shape index (κ1) is 13.3. The number of hydrogen-bond donors (Lipinski definition) is 0. The molecule has 14 heavy (non-hydrogen) atoms. The average Bonchev–Trinajstić information content (AvgIpc) is 1.99. The summed E-state index contributed by atoms with van der Waals surface area (Å²) in [4.78, 5) is 10.8. The van der Waals surface area contributed by atoms with Crippen molar-refractivity contribution >= 4 is 5.97 Å². The molecule has 0 rings (SSSR count). The highest BCUT2D eigenvalue weighted by Gasteiger charge is 2.46. The maximum absolute atomic E-state index is 12.3. The molecule has 0 bridgehead atoms. The minimum atomic E-state index is -4.28. The van der Waals surface area contributed by atoms with Crippen LogP contribution < -0.4 is 0 Å². The van der Waals surface area contributed by atoms with E-state index in [9.17, 15) is 18.0 Å². The van der Waals surface area contributed by atoms with Crippen molar-refractivity contribution < 1.29 is 22.7 Å². The molecule has 0 atom stereocenters. The monoisotopic (exact) mass is 212 g/mol. The van der Waals surface area contributed by atoms with Gasteiger partial charge in [-0.1, -0.05) is 13.8 Å². The maximum atomic E-state index is 12.3. The van der Waals surface area contributed by atoms with Crippen LogP contribution in [0.5, 0.6) is 0 Å². The summed E-state index contributed by atoms with van der Waals surface area (Å²) in [5.74, 6) is -0.579. The van der Waals surface area contributed by atoms with E-state index in [1.54, 1.807) is 6.92 Å². The Labute approximate surface area is 81.4 Å². The van der Waals surface area contributed by atoms with E-state index in [-0.39, 0.29) is 19.4 Å². The molecule has 0 saturated carbocycles. The second kappa shape index (κ2) is 4.66. The number of halogens is 3.